The normalized spacial score (nSPS) is 18.5. The highest BCUT2D eigenvalue weighted by Gasteiger charge is 2.32. The molecule has 0 N–H and O–H groups in total. The molecule has 2 aromatic rings. The van der Waals surface area contributed by atoms with Crippen molar-refractivity contribution in [3.05, 3.63) is 42.2 Å². The Balaban J connectivity index is 1.75. The van der Waals surface area contributed by atoms with Crippen LogP contribution in [-0.4, -0.2) is 49.0 Å². The van der Waals surface area contributed by atoms with Crippen LogP contribution >= 0.6 is 0 Å². The number of benzene rings is 1. The largest absolute Gasteiger partial charge is 0.494 e. The van der Waals surface area contributed by atoms with E-state index in [4.69, 9.17) is 9.47 Å². The molecule has 1 saturated heterocycles. The van der Waals surface area contributed by atoms with E-state index in [1.165, 1.54) is 23.5 Å². The Kier molecular flexibility index (Phi) is 5.33. The number of methoxy groups -OCH3 is 1. The molecule has 26 heavy (non-hydrogen) atoms. The number of ether oxygens (including phenoxy) is 2. The molecule has 3 rings (SSSR count). The van der Waals surface area contributed by atoms with Crippen LogP contribution in [0.3, 0.4) is 0 Å². The highest BCUT2D eigenvalue weighted by atomic mass is 32.2. The summed E-state index contributed by atoms with van der Waals surface area (Å²) < 4.78 is 63.8. The molecule has 1 aliphatic heterocycles. The minimum absolute atomic E-state index is 0.0221. The average molecular weight is 385 g/mol. The van der Waals surface area contributed by atoms with Gasteiger partial charge in [-0.05, 0) is 31.0 Å². The van der Waals surface area contributed by atoms with E-state index in [0.717, 1.165) is 18.5 Å². The molecular formula is C16H17F2N3O4S. The molecule has 0 bridgehead atoms. The zero-order chi connectivity index (χ0) is 18.7. The van der Waals surface area contributed by atoms with Crippen LogP contribution < -0.4 is 9.47 Å². The van der Waals surface area contributed by atoms with E-state index < -0.39 is 27.8 Å². The predicted molar refractivity (Wildman–Crippen MR) is 87.4 cm³/mol. The lowest BCUT2D eigenvalue weighted by Crippen LogP contribution is -2.44. The SMILES string of the molecule is COc1ccc(S(=O)(=O)N2CCCC(Oc3ncc(F)cn3)C2)cc1F. The van der Waals surface area contributed by atoms with Gasteiger partial charge in [-0.1, -0.05) is 0 Å². The molecule has 10 heteroatoms. The zero-order valence-corrected chi connectivity index (χ0v) is 14.7. The van der Waals surface area contributed by atoms with Crippen molar-refractivity contribution in [2.45, 2.75) is 23.8 Å². The molecule has 0 aliphatic carbocycles. The fourth-order valence-electron chi connectivity index (χ4n) is 2.69. The number of aromatic nitrogens is 2. The quantitative estimate of drug-likeness (QED) is 0.783. The Morgan fingerprint density at radius 3 is 2.62 bits per heavy atom. The maximum absolute atomic E-state index is 13.9. The van der Waals surface area contributed by atoms with Gasteiger partial charge in [0.15, 0.2) is 17.4 Å². The molecule has 1 aromatic carbocycles. The number of nitrogens with zero attached hydrogens (tertiary/aromatic N) is 3. The van der Waals surface area contributed by atoms with Crippen LogP contribution in [0.4, 0.5) is 8.78 Å². The Labute approximate surface area is 149 Å². The summed E-state index contributed by atoms with van der Waals surface area (Å²) in [4.78, 5) is 7.26. The molecule has 1 fully saturated rings. The first kappa shape index (κ1) is 18.5. The summed E-state index contributed by atoms with van der Waals surface area (Å²) in [5, 5.41) is 0. The molecule has 0 saturated carbocycles. The topological polar surface area (TPSA) is 81.6 Å². The summed E-state index contributed by atoms with van der Waals surface area (Å²) in [7, 11) is -2.58. The Morgan fingerprint density at radius 2 is 1.96 bits per heavy atom. The highest BCUT2D eigenvalue weighted by molar-refractivity contribution is 7.89. The molecule has 7 nitrogen and oxygen atoms in total. The van der Waals surface area contributed by atoms with Gasteiger partial charge in [0.05, 0.1) is 30.9 Å². The van der Waals surface area contributed by atoms with Gasteiger partial charge in [-0.3, -0.25) is 0 Å². The van der Waals surface area contributed by atoms with E-state index in [1.807, 2.05) is 0 Å². The summed E-state index contributed by atoms with van der Waals surface area (Å²) in [5.41, 5.74) is 0. The lowest BCUT2D eigenvalue weighted by molar-refractivity contribution is 0.119. The van der Waals surface area contributed by atoms with E-state index in [2.05, 4.69) is 9.97 Å². The first-order valence-electron chi connectivity index (χ1n) is 7.88. The summed E-state index contributed by atoms with van der Waals surface area (Å²) >= 11 is 0. The van der Waals surface area contributed by atoms with E-state index in [0.29, 0.717) is 19.4 Å². The van der Waals surface area contributed by atoms with Crippen LogP contribution in [0.25, 0.3) is 0 Å². The van der Waals surface area contributed by atoms with Crippen LogP contribution in [-0.2, 0) is 10.0 Å². The molecule has 2 heterocycles. The fourth-order valence-corrected chi connectivity index (χ4v) is 4.21. The third-order valence-electron chi connectivity index (χ3n) is 3.97. The average Bonchev–Trinajstić information content (AvgIpc) is 2.64. The Hall–Kier alpha value is -2.33. The first-order chi connectivity index (χ1) is 12.4. The Bertz CT molecular complexity index is 878. The van der Waals surface area contributed by atoms with Crippen LogP contribution in [0.1, 0.15) is 12.8 Å². The number of sulfonamides is 1. The van der Waals surface area contributed by atoms with Gasteiger partial charge in [0.1, 0.15) is 6.10 Å². The second-order valence-corrected chi connectivity index (χ2v) is 7.66. The van der Waals surface area contributed by atoms with E-state index in [-0.39, 0.29) is 23.2 Å². The van der Waals surface area contributed by atoms with Crippen LogP contribution in [0, 0.1) is 11.6 Å². The van der Waals surface area contributed by atoms with Crippen molar-refractivity contribution in [2.75, 3.05) is 20.2 Å². The fraction of sp³-hybridized carbons (Fsp3) is 0.375. The second kappa shape index (κ2) is 7.50. The van der Waals surface area contributed by atoms with Crippen molar-refractivity contribution in [3.63, 3.8) is 0 Å². The van der Waals surface area contributed by atoms with Gasteiger partial charge in [0.2, 0.25) is 10.0 Å². The zero-order valence-electron chi connectivity index (χ0n) is 13.9. The number of rotatable bonds is 5. The molecule has 0 amide bonds. The summed E-state index contributed by atoms with van der Waals surface area (Å²) in [6.07, 6.45) is 2.62. The number of piperidine rings is 1. The van der Waals surface area contributed by atoms with Crippen molar-refractivity contribution in [2.24, 2.45) is 0 Å². The molecule has 0 spiro atoms. The van der Waals surface area contributed by atoms with Crippen LogP contribution in [0.5, 0.6) is 11.8 Å². The third-order valence-corrected chi connectivity index (χ3v) is 5.83. The first-order valence-corrected chi connectivity index (χ1v) is 9.32. The molecule has 140 valence electrons. The summed E-state index contributed by atoms with van der Waals surface area (Å²) in [6.45, 7) is 0.358. The van der Waals surface area contributed by atoms with Crippen molar-refractivity contribution >= 4 is 10.0 Å². The van der Waals surface area contributed by atoms with Crippen molar-refractivity contribution in [1.82, 2.24) is 14.3 Å². The molecule has 1 aliphatic rings. The molecule has 1 aromatic heterocycles. The molecule has 1 unspecified atom stereocenters. The minimum atomic E-state index is -3.88. The minimum Gasteiger partial charge on any atom is -0.494 e. The molecule has 1 atom stereocenters. The lowest BCUT2D eigenvalue weighted by atomic mass is 10.1. The van der Waals surface area contributed by atoms with E-state index >= 15 is 0 Å². The van der Waals surface area contributed by atoms with Gasteiger partial charge < -0.3 is 9.47 Å². The molecule has 0 radical (unpaired) electrons. The van der Waals surface area contributed by atoms with E-state index in [1.54, 1.807) is 0 Å². The lowest BCUT2D eigenvalue weighted by Gasteiger charge is -2.31. The maximum atomic E-state index is 13.9. The summed E-state index contributed by atoms with van der Waals surface area (Å²) in [6, 6.07) is 3.48. The van der Waals surface area contributed by atoms with Crippen molar-refractivity contribution in [3.8, 4) is 11.8 Å². The second-order valence-electron chi connectivity index (χ2n) is 5.73. The van der Waals surface area contributed by atoms with Crippen LogP contribution in [0.2, 0.25) is 0 Å². The van der Waals surface area contributed by atoms with Crippen molar-refractivity contribution in [1.29, 1.82) is 0 Å². The maximum Gasteiger partial charge on any atom is 0.316 e. The van der Waals surface area contributed by atoms with Gasteiger partial charge in [-0.15, -0.1) is 0 Å². The number of hydrogen-bond acceptors (Lipinski definition) is 6. The predicted octanol–water partition coefficient (Wildman–Crippen LogP) is 2.00. The van der Waals surface area contributed by atoms with Gasteiger partial charge in [-0.2, -0.15) is 4.31 Å². The van der Waals surface area contributed by atoms with Gasteiger partial charge in [0, 0.05) is 6.54 Å². The Morgan fingerprint density at radius 1 is 1.23 bits per heavy atom. The monoisotopic (exact) mass is 385 g/mol. The van der Waals surface area contributed by atoms with Gasteiger partial charge in [-0.25, -0.2) is 27.2 Å². The highest BCUT2D eigenvalue weighted by Crippen LogP contribution is 2.26. The van der Waals surface area contributed by atoms with E-state index in [9.17, 15) is 17.2 Å². The van der Waals surface area contributed by atoms with Gasteiger partial charge >= 0.3 is 6.01 Å². The number of hydrogen-bond donors (Lipinski definition) is 0. The third kappa shape index (κ3) is 3.91. The number of halogens is 2. The van der Waals surface area contributed by atoms with Crippen LogP contribution in [0.15, 0.2) is 35.5 Å². The summed E-state index contributed by atoms with van der Waals surface area (Å²) in [5.74, 6) is -1.37. The van der Waals surface area contributed by atoms with Gasteiger partial charge in [0.25, 0.3) is 0 Å². The van der Waals surface area contributed by atoms with Crippen molar-refractivity contribution < 1.29 is 26.7 Å². The molecular weight excluding hydrogens is 368 g/mol. The smallest absolute Gasteiger partial charge is 0.316 e. The standard InChI is InChI=1S/C16H17F2N3O4S/c1-24-15-5-4-13(7-14(15)18)26(22,23)21-6-2-3-12(10-21)25-16-19-8-11(17)9-20-16/h4-5,7-9,12H,2-3,6,10H2,1H3.